The number of aromatic hydroxyl groups is 1. The number of aromatic nitrogens is 3. The molecule has 5 heteroatoms. The zero-order valence-electron chi connectivity index (χ0n) is 46.9. The topological polar surface area (TPSA) is 50.9 Å². The zero-order valence-corrected chi connectivity index (χ0v) is 36.2. The third-order valence-electron chi connectivity index (χ3n) is 10.4. The molecule has 0 amide bonds. The largest absolute Gasteiger partial charge is 0.507 e. The molecule has 6 aromatic carbocycles. The molecular formula is C54H52N3OPt-. The van der Waals surface area contributed by atoms with Crippen molar-refractivity contribution >= 4 is 11.0 Å². The second-order valence-electron chi connectivity index (χ2n) is 16.3. The summed E-state index contributed by atoms with van der Waals surface area (Å²) in [5, 5.41) is 12.3. The van der Waals surface area contributed by atoms with Crippen LogP contribution in [0.5, 0.6) is 5.75 Å². The summed E-state index contributed by atoms with van der Waals surface area (Å²) in [4.78, 5) is 9.79. The van der Waals surface area contributed by atoms with Crippen LogP contribution in [0.2, 0.25) is 0 Å². The summed E-state index contributed by atoms with van der Waals surface area (Å²) in [5.74, 6) is 0.451. The molecule has 0 fully saturated rings. The van der Waals surface area contributed by atoms with Crippen LogP contribution in [0.15, 0.2) is 133 Å². The number of hydrogen-bond acceptors (Lipinski definition) is 3. The second-order valence-corrected chi connectivity index (χ2v) is 16.3. The van der Waals surface area contributed by atoms with E-state index >= 15 is 0 Å². The predicted octanol–water partition coefficient (Wildman–Crippen LogP) is 14.4. The molecule has 300 valence electrons. The molecule has 0 saturated heterocycles. The smallest absolute Gasteiger partial charge is 0.148 e. The van der Waals surface area contributed by atoms with Gasteiger partial charge in [0.15, 0.2) is 0 Å². The molecule has 0 unspecified atom stereocenters. The number of nitrogens with zero attached hydrogens (tertiary/aromatic N) is 3. The average molecular weight is 967 g/mol. The molecule has 8 rings (SSSR count). The van der Waals surface area contributed by atoms with Crippen LogP contribution in [-0.2, 0) is 26.5 Å². The van der Waals surface area contributed by atoms with E-state index in [1.165, 1.54) is 0 Å². The van der Waals surface area contributed by atoms with Gasteiger partial charge in [-0.2, -0.15) is 0 Å². The third-order valence-corrected chi connectivity index (χ3v) is 10.4. The molecular weight excluding hydrogens is 902 g/mol. The first-order valence-electron chi connectivity index (χ1n) is 25.9. The molecule has 2 heterocycles. The van der Waals surface area contributed by atoms with Crippen molar-refractivity contribution in [2.24, 2.45) is 0 Å². The molecule has 2 aromatic heterocycles. The number of hydrogen-bond donors (Lipinski definition) is 1. The van der Waals surface area contributed by atoms with Crippen molar-refractivity contribution in [2.45, 2.75) is 79.4 Å². The van der Waals surface area contributed by atoms with Gasteiger partial charge in [0, 0.05) is 46.7 Å². The van der Waals surface area contributed by atoms with E-state index in [0.29, 0.717) is 44.8 Å². The van der Waals surface area contributed by atoms with Gasteiger partial charge in [-0.3, -0.25) is 9.55 Å². The molecule has 59 heavy (non-hydrogen) atoms. The first-order chi connectivity index (χ1) is 33.1. The Hall–Kier alpha value is -5.57. The third kappa shape index (κ3) is 8.21. The number of benzene rings is 6. The number of rotatable bonds is 8. The molecule has 0 spiro atoms. The van der Waals surface area contributed by atoms with Crippen molar-refractivity contribution in [3.8, 4) is 67.5 Å². The number of aryl methyl sites for hydroxylation is 1. The molecule has 0 atom stereocenters. The van der Waals surface area contributed by atoms with E-state index < -0.39 is 78.2 Å². The standard InChI is InChI=1S/C54H52N3O.Pt/c1-33(2)40-30-45(34(3)4)52(58)47(31-40)53-56-51-44(16-13-17-50(51)57(53)49-23-20-36(6)26-46(49)38-14-11-10-12-15-38)41-27-42(29-43(28-41)54(7,8)9)48-32-39(24-25-55-48)37-21-18-35(5)19-22-37;/h10-26,28-34,58H,1-9H3;/q-1;/i5D3,6D3,18D,19D,21D,22D,24D,25D,32D;. The average Bonchev–Trinajstić information content (AvgIpc) is 3.69. The minimum Gasteiger partial charge on any atom is -0.507 e. The molecule has 0 aliphatic carbocycles. The van der Waals surface area contributed by atoms with Crippen LogP contribution in [0.4, 0.5) is 0 Å². The van der Waals surface area contributed by atoms with Crippen LogP contribution in [0.1, 0.15) is 106 Å². The van der Waals surface area contributed by atoms with Gasteiger partial charge in [-0.25, -0.2) is 4.98 Å². The van der Waals surface area contributed by atoms with E-state index in [1.54, 1.807) is 24.3 Å². The van der Waals surface area contributed by atoms with Crippen molar-refractivity contribution in [2.75, 3.05) is 0 Å². The van der Waals surface area contributed by atoms with Crippen LogP contribution < -0.4 is 0 Å². The molecule has 0 saturated carbocycles. The number of phenols is 1. The van der Waals surface area contributed by atoms with Crippen molar-refractivity contribution < 1.29 is 44.0 Å². The first kappa shape index (κ1) is 28.0. The molecule has 0 bridgehead atoms. The molecule has 4 nitrogen and oxygen atoms in total. The Kier molecular flexibility index (Phi) is 7.87. The Labute approximate surface area is 382 Å². The second kappa shape index (κ2) is 16.6. The van der Waals surface area contributed by atoms with E-state index in [2.05, 4.69) is 24.9 Å². The van der Waals surface area contributed by atoms with Gasteiger partial charge in [-0.05, 0) is 89.1 Å². The normalized spacial score (nSPS) is 15.3. The molecule has 8 aromatic rings. The van der Waals surface area contributed by atoms with Crippen LogP contribution in [0.25, 0.3) is 72.7 Å². The SMILES string of the molecule is [2H]c1nc(-c2[c-]c(-c3cccc4c3nc(-c3cc(C(C)C)cc(C(C)C)c3O)n4-c3ccc(C([2H])([2H])[2H])cc3-c3ccccc3)cc(C(C)(C)C)c2)c([2H])c(-c2c([2H])c([2H])c(C([2H])([2H])[2H])c([2H])c2[2H])c1[2H].[Pt]. The fourth-order valence-corrected chi connectivity index (χ4v) is 7.23. The van der Waals surface area contributed by atoms with Gasteiger partial charge in [-0.1, -0.05) is 156 Å². The summed E-state index contributed by atoms with van der Waals surface area (Å²) in [7, 11) is 0. The summed E-state index contributed by atoms with van der Waals surface area (Å²) in [6.45, 7) is 8.75. The Morgan fingerprint density at radius 1 is 0.712 bits per heavy atom. The Morgan fingerprint density at radius 3 is 2.15 bits per heavy atom. The predicted molar refractivity (Wildman–Crippen MR) is 243 cm³/mol. The van der Waals surface area contributed by atoms with E-state index in [-0.39, 0.29) is 55.5 Å². The summed E-state index contributed by atoms with van der Waals surface area (Å²) in [6, 6.07) is 26.8. The number of para-hydroxylation sites is 1. The van der Waals surface area contributed by atoms with Crippen LogP contribution in [0.3, 0.4) is 0 Å². The maximum Gasteiger partial charge on any atom is 0.148 e. The molecule has 1 N–H and O–H groups in total. The molecule has 0 radical (unpaired) electrons. The number of phenolic OH excluding ortho intramolecular Hbond substituents is 1. The van der Waals surface area contributed by atoms with Gasteiger partial charge in [0.2, 0.25) is 0 Å². The summed E-state index contributed by atoms with van der Waals surface area (Å²) < 4.78 is 113. The number of pyridine rings is 1. The first-order valence-corrected chi connectivity index (χ1v) is 19.4. The number of fused-ring (bicyclic) bond motifs is 1. The van der Waals surface area contributed by atoms with Crippen molar-refractivity contribution in [3.05, 3.63) is 167 Å². The zero-order chi connectivity index (χ0) is 52.0. The minimum atomic E-state index is -2.99. The Bertz CT molecular complexity index is 3400. The fraction of sp³-hybridized carbons (Fsp3) is 0.222. The Balaban J connectivity index is 0.00000760. The van der Waals surface area contributed by atoms with E-state index in [1.807, 2.05) is 106 Å². The van der Waals surface area contributed by atoms with Crippen LogP contribution in [0, 0.1) is 19.8 Å². The van der Waals surface area contributed by atoms with E-state index in [9.17, 15) is 6.48 Å². The molecule has 0 aliphatic rings. The van der Waals surface area contributed by atoms with E-state index in [4.69, 9.17) is 21.4 Å². The van der Waals surface area contributed by atoms with Gasteiger partial charge in [0.05, 0.1) is 31.9 Å². The maximum atomic E-state index is 12.3. The van der Waals surface area contributed by atoms with Gasteiger partial charge < -0.3 is 5.11 Å². The van der Waals surface area contributed by atoms with Gasteiger partial charge >= 0.3 is 0 Å². The fourth-order valence-electron chi connectivity index (χ4n) is 7.23. The Morgan fingerprint density at radius 2 is 1.46 bits per heavy atom. The maximum absolute atomic E-state index is 12.3. The van der Waals surface area contributed by atoms with Crippen LogP contribution >= 0.6 is 0 Å². The van der Waals surface area contributed by atoms with Gasteiger partial charge in [-0.15, -0.1) is 29.3 Å². The summed E-state index contributed by atoms with van der Waals surface area (Å²) >= 11 is 0. The molecule has 0 aliphatic heterocycles. The summed E-state index contributed by atoms with van der Waals surface area (Å²) in [5.41, 5.74) is 5.01. The summed E-state index contributed by atoms with van der Waals surface area (Å²) in [6.07, 6.45) is -0.618. The quantitative estimate of drug-likeness (QED) is 0.154. The van der Waals surface area contributed by atoms with E-state index in [0.717, 1.165) is 22.3 Å². The van der Waals surface area contributed by atoms with Crippen molar-refractivity contribution in [1.29, 1.82) is 0 Å². The minimum absolute atomic E-state index is 0. The monoisotopic (exact) mass is 966 g/mol. The van der Waals surface area contributed by atoms with Crippen molar-refractivity contribution in [1.82, 2.24) is 14.5 Å². The van der Waals surface area contributed by atoms with Gasteiger partial charge in [0.1, 0.15) is 11.6 Å². The number of imidazole rings is 1. The van der Waals surface area contributed by atoms with Gasteiger partial charge in [0.25, 0.3) is 0 Å². The van der Waals surface area contributed by atoms with Crippen LogP contribution in [-0.4, -0.2) is 19.6 Å². The van der Waals surface area contributed by atoms with Crippen molar-refractivity contribution in [3.63, 3.8) is 0 Å².